The summed E-state index contributed by atoms with van der Waals surface area (Å²) in [5.41, 5.74) is 1.54. The van der Waals surface area contributed by atoms with Crippen molar-refractivity contribution in [3.63, 3.8) is 0 Å². The SMILES string of the molecule is CNCC(C)CC1CC1c1ccccc1. The molecule has 1 fully saturated rings. The fraction of sp³-hybridized carbons (Fsp3) is 0.571. The quantitative estimate of drug-likeness (QED) is 0.775. The minimum atomic E-state index is 0.814. The van der Waals surface area contributed by atoms with E-state index in [2.05, 4.69) is 42.6 Å². The number of hydrogen-bond donors (Lipinski definition) is 1. The van der Waals surface area contributed by atoms with Crippen molar-refractivity contribution >= 4 is 0 Å². The summed E-state index contributed by atoms with van der Waals surface area (Å²) in [5.74, 6) is 2.61. The van der Waals surface area contributed by atoms with Crippen LogP contribution in [0, 0.1) is 11.8 Å². The van der Waals surface area contributed by atoms with E-state index in [1.165, 1.54) is 12.8 Å². The van der Waals surface area contributed by atoms with Gasteiger partial charge < -0.3 is 5.32 Å². The lowest BCUT2D eigenvalue weighted by Crippen LogP contribution is -2.16. The van der Waals surface area contributed by atoms with E-state index in [4.69, 9.17) is 0 Å². The molecular formula is C14H21N. The number of nitrogens with one attached hydrogen (secondary N) is 1. The van der Waals surface area contributed by atoms with E-state index in [1.54, 1.807) is 5.56 Å². The van der Waals surface area contributed by atoms with Gasteiger partial charge in [0.05, 0.1) is 0 Å². The third-order valence-electron chi connectivity index (χ3n) is 3.41. The Labute approximate surface area is 92.9 Å². The molecule has 1 aliphatic rings. The molecule has 1 nitrogen and oxygen atoms in total. The molecule has 0 heterocycles. The van der Waals surface area contributed by atoms with Gasteiger partial charge in [-0.2, -0.15) is 0 Å². The summed E-state index contributed by atoms with van der Waals surface area (Å²) >= 11 is 0. The van der Waals surface area contributed by atoms with Gasteiger partial charge >= 0.3 is 0 Å². The first-order valence-corrected chi connectivity index (χ1v) is 6.00. The van der Waals surface area contributed by atoms with Crippen molar-refractivity contribution in [2.24, 2.45) is 11.8 Å². The molecule has 0 bridgehead atoms. The summed E-state index contributed by atoms with van der Waals surface area (Å²) < 4.78 is 0. The zero-order chi connectivity index (χ0) is 10.7. The van der Waals surface area contributed by atoms with Crippen LogP contribution in [0.2, 0.25) is 0 Å². The predicted octanol–water partition coefficient (Wildman–Crippen LogP) is 3.04. The Bertz CT molecular complexity index is 293. The van der Waals surface area contributed by atoms with Crippen molar-refractivity contribution in [2.45, 2.75) is 25.7 Å². The average molecular weight is 203 g/mol. The zero-order valence-corrected chi connectivity index (χ0v) is 9.74. The van der Waals surface area contributed by atoms with Gasteiger partial charge in [-0.3, -0.25) is 0 Å². The molecule has 1 aromatic carbocycles. The molecule has 3 atom stereocenters. The summed E-state index contributed by atoms with van der Waals surface area (Å²) in [6.45, 7) is 3.49. The second-order valence-electron chi connectivity index (χ2n) is 4.91. The summed E-state index contributed by atoms with van der Waals surface area (Å²) in [4.78, 5) is 0. The Morgan fingerprint density at radius 1 is 1.33 bits per heavy atom. The molecule has 1 aliphatic carbocycles. The second-order valence-corrected chi connectivity index (χ2v) is 4.91. The Kier molecular flexibility index (Phi) is 3.42. The van der Waals surface area contributed by atoms with Gasteiger partial charge in [-0.15, -0.1) is 0 Å². The maximum atomic E-state index is 3.26. The minimum absolute atomic E-state index is 0.814. The van der Waals surface area contributed by atoms with Crippen LogP contribution in [-0.2, 0) is 0 Å². The van der Waals surface area contributed by atoms with Gasteiger partial charge in [0.15, 0.2) is 0 Å². The first-order chi connectivity index (χ1) is 7.31. The van der Waals surface area contributed by atoms with Gasteiger partial charge in [0.25, 0.3) is 0 Å². The molecule has 2 rings (SSSR count). The Hall–Kier alpha value is -0.820. The summed E-state index contributed by atoms with van der Waals surface area (Å²) in [6, 6.07) is 11.0. The number of hydrogen-bond acceptors (Lipinski definition) is 1. The normalized spacial score (nSPS) is 26.3. The minimum Gasteiger partial charge on any atom is -0.319 e. The van der Waals surface area contributed by atoms with Gasteiger partial charge in [0.1, 0.15) is 0 Å². The molecule has 0 radical (unpaired) electrons. The second kappa shape index (κ2) is 4.80. The van der Waals surface area contributed by atoms with E-state index in [1.807, 2.05) is 7.05 Å². The van der Waals surface area contributed by atoms with Crippen molar-refractivity contribution in [1.29, 1.82) is 0 Å². The molecule has 1 heteroatoms. The van der Waals surface area contributed by atoms with Crippen LogP contribution >= 0.6 is 0 Å². The van der Waals surface area contributed by atoms with Crippen LogP contribution < -0.4 is 5.32 Å². The summed E-state index contributed by atoms with van der Waals surface area (Å²) in [6.07, 6.45) is 2.78. The fourth-order valence-corrected chi connectivity index (χ4v) is 2.57. The molecule has 1 saturated carbocycles. The molecule has 3 unspecified atom stereocenters. The first kappa shape index (κ1) is 10.7. The van der Waals surface area contributed by atoms with E-state index in [9.17, 15) is 0 Å². The predicted molar refractivity (Wildman–Crippen MR) is 65.0 cm³/mol. The highest BCUT2D eigenvalue weighted by molar-refractivity contribution is 5.25. The van der Waals surface area contributed by atoms with E-state index < -0.39 is 0 Å². The van der Waals surface area contributed by atoms with Crippen LogP contribution in [0.15, 0.2) is 30.3 Å². The zero-order valence-electron chi connectivity index (χ0n) is 9.74. The maximum Gasteiger partial charge on any atom is -0.00261 e. The molecule has 0 aromatic heterocycles. The van der Waals surface area contributed by atoms with Crippen molar-refractivity contribution in [3.8, 4) is 0 Å². The third kappa shape index (κ3) is 2.82. The van der Waals surface area contributed by atoms with E-state index in [0.29, 0.717) is 0 Å². The molecule has 82 valence electrons. The monoisotopic (exact) mass is 203 g/mol. The van der Waals surface area contributed by atoms with Crippen molar-refractivity contribution in [1.82, 2.24) is 5.32 Å². The van der Waals surface area contributed by atoms with Crippen molar-refractivity contribution in [3.05, 3.63) is 35.9 Å². The maximum absolute atomic E-state index is 3.26. The molecule has 0 spiro atoms. The Morgan fingerprint density at radius 2 is 2.07 bits per heavy atom. The van der Waals surface area contributed by atoms with Crippen LogP contribution in [0.5, 0.6) is 0 Å². The van der Waals surface area contributed by atoms with E-state index in [0.717, 1.165) is 24.3 Å². The van der Waals surface area contributed by atoms with Crippen LogP contribution in [0.25, 0.3) is 0 Å². The standard InChI is InChI=1S/C14H21N/c1-11(10-15-2)8-13-9-14(13)12-6-4-3-5-7-12/h3-7,11,13-15H,8-10H2,1-2H3. The van der Waals surface area contributed by atoms with Gasteiger partial charge in [0.2, 0.25) is 0 Å². The van der Waals surface area contributed by atoms with E-state index in [-0.39, 0.29) is 0 Å². The highest BCUT2D eigenvalue weighted by Crippen LogP contribution is 2.50. The molecule has 0 aliphatic heterocycles. The molecule has 0 amide bonds. The highest BCUT2D eigenvalue weighted by Gasteiger charge is 2.38. The summed E-state index contributed by atoms with van der Waals surface area (Å²) in [7, 11) is 2.04. The Balaban J connectivity index is 1.81. The molecule has 0 saturated heterocycles. The largest absolute Gasteiger partial charge is 0.319 e. The topological polar surface area (TPSA) is 12.0 Å². The van der Waals surface area contributed by atoms with Crippen LogP contribution in [0.3, 0.4) is 0 Å². The molecule has 1 N–H and O–H groups in total. The lowest BCUT2D eigenvalue weighted by Gasteiger charge is -2.09. The molecule has 1 aromatic rings. The summed E-state index contributed by atoms with van der Waals surface area (Å²) in [5, 5.41) is 3.26. The van der Waals surface area contributed by atoms with Crippen molar-refractivity contribution in [2.75, 3.05) is 13.6 Å². The van der Waals surface area contributed by atoms with Crippen LogP contribution in [0.4, 0.5) is 0 Å². The van der Waals surface area contributed by atoms with E-state index >= 15 is 0 Å². The Morgan fingerprint density at radius 3 is 2.73 bits per heavy atom. The van der Waals surface area contributed by atoms with Crippen LogP contribution in [0.1, 0.15) is 31.2 Å². The lowest BCUT2D eigenvalue weighted by molar-refractivity contribution is 0.469. The van der Waals surface area contributed by atoms with Gasteiger partial charge in [0, 0.05) is 0 Å². The third-order valence-corrected chi connectivity index (χ3v) is 3.41. The highest BCUT2D eigenvalue weighted by atomic mass is 14.8. The first-order valence-electron chi connectivity index (χ1n) is 6.00. The van der Waals surface area contributed by atoms with Crippen molar-refractivity contribution < 1.29 is 0 Å². The molecule has 15 heavy (non-hydrogen) atoms. The fourth-order valence-electron chi connectivity index (χ4n) is 2.57. The van der Waals surface area contributed by atoms with Crippen LogP contribution in [-0.4, -0.2) is 13.6 Å². The van der Waals surface area contributed by atoms with Gasteiger partial charge in [-0.1, -0.05) is 37.3 Å². The lowest BCUT2D eigenvalue weighted by atomic mass is 10.0. The smallest absolute Gasteiger partial charge is 0.00261 e. The van der Waals surface area contributed by atoms with Gasteiger partial charge in [-0.05, 0) is 49.8 Å². The number of benzene rings is 1. The average Bonchev–Trinajstić information content (AvgIpc) is 2.99. The molecular weight excluding hydrogens is 182 g/mol. The number of rotatable bonds is 5. The van der Waals surface area contributed by atoms with Gasteiger partial charge in [-0.25, -0.2) is 0 Å².